The molecule has 2 rings (SSSR count). The maximum atomic E-state index is 5.74. The van der Waals surface area contributed by atoms with Gasteiger partial charge in [-0.2, -0.15) is 0 Å². The van der Waals surface area contributed by atoms with Crippen LogP contribution in [-0.4, -0.2) is 24.4 Å². The van der Waals surface area contributed by atoms with Crippen LogP contribution in [0.3, 0.4) is 0 Å². The molecule has 2 N–H and O–H groups in total. The summed E-state index contributed by atoms with van der Waals surface area (Å²) < 4.78 is 11.2. The van der Waals surface area contributed by atoms with Crippen molar-refractivity contribution >= 4 is 23.0 Å². The molecule has 0 unspecified atom stereocenters. The monoisotopic (exact) mass is 372 g/mol. The molecule has 140 valence electrons. The Morgan fingerprint density at radius 1 is 1.08 bits per heavy atom. The van der Waals surface area contributed by atoms with Crippen LogP contribution in [0.25, 0.3) is 0 Å². The number of aryl methyl sites for hydroxylation is 1. The summed E-state index contributed by atoms with van der Waals surface area (Å²) >= 11 is 5.36. The molecule has 0 aromatic heterocycles. The molecule has 0 aliphatic heterocycles. The molecule has 0 fully saturated rings. The molecule has 0 bridgehead atoms. The van der Waals surface area contributed by atoms with Gasteiger partial charge in [0.1, 0.15) is 11.5 Å². The van der Waals surface area contributed by atoms with Gasteiger partial charge in [0, 0.05) is 18.3 Å². The standard InChI is InChI=1S/C21H28N2O2S/c1-4-24-19-11-6-10-18(15-19)23-21(26)22-13-7-9-17-8-5-12-20(14-17)25-16(2)3/h5-6,8,10-12,14-16H,4,7,9,13H2,1-3H3,(H2,22,23,26). The van der Waals surface area contributed by atoms with Crippen LogP contribution in [0.4, 0.5) is 5.69 Å². The van der Waals surface area contributed by atoms with Crippen LogP contribution in [0.5, 0.6) is 11.5 Å². The SMILES string of the molecule is CCOc1cccc(NC(=S)NCCCc2cccc(OC(C)C)c2)c1. The summed E-state index contributed by atoms with van der Waals surface area (Å²) in [6.07, 6.45) is 2.16. The molecule has 0 aliphatic carbocycles. The number of benzene rings is 2. The number of nitrogens with one attached hydrogen (secondary N) is 2. The van der Waals surface area contributed by atoms with Crippen LogP contribution in [0.2, 0.25) is 0 Å². The Kier molecular flexibility index (Phi) is 8.22. The molecule has 0 radical (unpaired) electrons. The van der Waals surface area contributed by atoms with Crippen molar-refractivity contribution in [2.24, 2.45) is 0 Å². The summed E-state index contributed by atoms with van der Waals surface area (Å²) in [7, 11) is 0. The summed E-state index contributed by atoms with van der Waals surface area (Å²) in [5.41, 5.74) is 2.19. The number of hydrogen-bond donors (Lipinski definition) is 2. The van der Waals surface area contributed by atoms with Crippen molar-refractivity contribution in [2.75, 3.05) is 18.5 Å². The number of hydrogen-bond acceptors (Lipinski definition) is 3. The molecule has 2 aromatic carbocycles. The highest BCUT2D eigenvalue weighted by molar-refractivity contribution is 7.80. The van der Waals surface area contributed by atoms with E-state index in [9.17, 15) is 0 Å². The zero-order chi connectivity index (χ0) is 18.8. The molecular weight excluding hydrogens is 344 g/mol. The lowest BCUT2D eigenvalue weighted by molar-refractivity contribution is 0.242. The number of rotatable bonds is 9. The molecule has 0 atom stereocenters. The molecular formula is C21H28N2O2S. The van der Waals surface area contributed by atoms with Crippen LogP contribution in [0, 0.1) is 0 Å². The average Bonchev–Trinajstić information content (AvgIpc) is 2.59. The predicted octanol–water partition coefficient (Wildman–Crippen LogP) is 4.79. The fourth-order valence-electron chi connectivity index (χ4n) is 2.55. The number of ether oxygens (including phenoxy) is 2. The van der Waals surface area contributed by atoms with Crippen LogP contribution in [-0.2, 0) is 6.42 Å². The van der Waals surface area contributed by atoms with E-state index in [1.54, 1.807) is 0 Å². The maximum Gasteiger partial charge on any atom is 0.170 e. The van der Waals surface area contributed by atoms with Gasteiger partial charge in [0.25, 0.3) is 0 Å². The zero-order valence-electron chi connectivity index (χ0n) is 15.7. The smallest absolute Gasteiger partial charge is 0.170 e. The van der Waals surface area contributed by atoms with Gasteiger partial charge in [-0.1, -0.05) is 18.2 Å². The summed E-state index contributed by atoms with van der Waals surface area (Å²) in [5, 5.41) is 7.06. The zero-order valence-corrected chi connectivity index (χ0v) is 16.6. The molecule has 4 nitrogen and oxygen atoms in total. The summed E-state index contributed by atoms with van der Waals surface area (Å²) in [6, 6.07) is 16.1. The van der Waals surface area contributed by atoms with Crippen molar-refractivity contribution in [2.45, 2.75) is 39.7 Å². The lowest BCUT2D eigenvalue weighted by Gasteiger charge is -2.12. The number of thiocarbonyl (C=S) groups is 1. The van der Waals surface area contributed by atoms with Crippen molar-refractivity contribution in [3.63, 3.8) is 0 Å². The van der Waals surface area contributed by atoms with E-state index in [4.69, 9.17) is 21.7 Å². The minimum Gasteiger partial charge on any atom is -0.494 e. The second kappa shape index (κ2) is 10.7. The molecule has 0 saturated carbocycles. The van der Waals surface area contributed by atoms with Gasteiger partial charge in [-0.05, 0) is 75.7 Å². The first-order valence-corrected chi connectivity index (χ1v) is 9.51. The molecule has 26 heavy (non-hydrogen) atoms. The van der Waals surface area contributed by atoms with E-state index < -0.39 is 0 Å². The molecule has 0 amide bonds. The van der Waals surface area contributed by atoms with Gasteiger partial charge in [-0.3, -0.25) is 0 Å². The van der Waals surface area contributed by atoms with Crippen LogP contribution >= 0.6 is 12.2 Å². The molecule has 5 heteroatoms. The lowest BCUT2D eigenvalue weighted by atomic mass is 10.1. The fraction of sp³-hybridized carbons (Fsp3) is 0.381. The van der Waals surface area contributed by atoms with Crippen molar-refractivity contribution in [1.82, 2.24) is 5.32 Å². The third kappa shape index (κ3) is 7.31. The summed E-state index contributed by atoms with van der Waals surface area (Å²) in [6.45, 7) is 7.50. The van der Waals surface area contributed by atoms with Gasteiger partial charge in [0.05, 0.1) is 12.7 Å². The van der Waals surface area contributed by atoms with E-state index in [-0.39, 0.29) is 6.10 Å². The molecule has 0 heterocycles. The molecule has 0 saturated heterocycles. The number of anilines is 1. The minimum absolute atomic E-state index is 0.191. The highest BCUT2D eigenvalue weighted by Crippen LogP contribution is 2.17. The van der Waals surface area contributed by atoms with Crippen molar-refractivity contribution in [1.29, 1.82) is 0 Å². The largest absolute Gasteiger partial charge is 0.494 e. The van der Waals surface area contributed by atoms with Crippen LogP contribution < -0.4 is 20.1 Å². The normalized spacial score (nSPS) is 10.5. The van der Waals surface area contributed by atoms with Gasteiger partial charge in [0.2, 0.25) is 0 Å². The molecule has 2 aromatic rings. The van der Waals surface area contributed by atoms with Gasteiger partial charge in [-0.25, -0.2) is 0 Å². The Morgan fingerprint density at radius 3 is 2.62 bits per heavy atom. The van der Waals surface area contributed by atoms with Crippen molar-refractivity contribution in [3.8, 4) is 11.5 Å². The van der Waals surface area contributed by atoms with Gasteiger partial charge < -0.3 is 20.1 Å². The maximum absolute atomic E-state index is 5.74. The van der Waals surface area contributed by atoms with Gasteiger partial charge in [0.15, 0.2) is 5.11 Å². The van der Waals surface area contributed by atoms with Gasteiger partial charge >= 0.3 is 0 Å². The van der Waals surface area contributed by atoms with E-state index in [1.165, 1.54) is 5.56 Å². The minimum atomic E-state index is 0.191. The lowest BCUT2D eigenvalue weighted by Crippen LogP contribution is -2.29. The van der Waals surface area contributed by atoms with Crippen molar-refractivity contribution < 1.29 is 9.47 Å². The van der Waals surface area contributed by atoms with E-state index in [2.05, 4.69) is 22.8 Å². The highest BCUT2D eigenvalue weighted by atomic mass is 32.1. The summed E-state index contributed by atoms with van der Waals surface area (Å²) in [5.74, 6) is 1.76. The fourth-order valence-corrected chi connectivity index (χ4v) is 2.77. The Hall–Kier alpha value is -2.27. The molecule has 0 aliphatic rings. The summed E-state index contributed by atoms with van der Waals surface area (Å²) in [4.78, 5) is 0. The van der Waals surface area contributed by atoms with Crippen molar-refractivity contribution in [3.05, 3.63) is 54.1 Å². The highest BCUT2D eigenvalue weighted by Gasteiger charge is 2.02. The molecule has 0 spiro atoms. The first-order valence-electron chi connectivity index (χ1n) is 9.10. The first-order chi connectivity index (χ1) is 12.6. The Labute approximate surface area is 161 Å². The second-order valence-electron chi connectivity index (χ2n) is 6.26. The first kappa shape index (κ1) is 20.0. The second-order valence-corrected chi connectivity index (χ2v) is 6.67. The average molecular weight is 373 g/mol. The van der Waals surface area contributed by atoms with E-state index in [0.717, 1.165) is 36.6 Å². The van der Waals surface area contributed by atoms with Crippen LogP contribution in [0.15, 0.2) is 48.5 Å². The van der Waals surface area contributed by atoms with E-state index in [1.807, 2.05) is 57.2 Å². The third-order valence-corrected chi connectivity index (χ3v) is 3.85. The Bertz CT molecular complexity index is 704. The Balaban J connectivity index is 1.72. The topological polar surface area (TPSA) is 42.5 Å². The van der Waals surface area contributed by atoms with Crippen LogP contribution in [0.1, 0.15) is 32.8 Å². The van der Waals surface area contributed by atoms with E-state index >= 15 is 0 Å². The van der Waals surface area contributed by atoms with E-state index in [0.29, 0.717) is 11.7 Å². The Morgan fingerprint density at radius 2 is 1.85 bits per heavy atom. The third-order valence-electron chi connectivity index (χ3n) is 3.60. The quantitative estimate of drug-likeness (QED) is 0.489. The predicted molar refractivity (Wildman–Crippen MR) is 112 cm³/mol. The van der Waals surface area contributed by atoms with Gasteiger partial charge in [-0.15, -0.1) is 0 Å².